The van der Waals surface area contributed by atoms with E-state index in [9.17, 15) is 8.76 Å². The summed E-state index contributed by atoms with van der Waals surface area (Å²) in [6.45, 7) is 6.60. The molecule has 0 saturated heterocycles. The van der Waals surface area contributed by atoms with Crippen molar-refractivity contribution in [3.8, 4) is 0 Å². The highest BCUT2D eigenvalue weighted by Gasteiger charge is 2.32. The molecule has 5 heteroatoms. The molecule has 17 heavy (non-hydrogen) atoms. The summed E-state index contributed by atoms with van der Waals surface area (Å²) >= 11 is 2.14. The van der Waals surface area contributed by atoms with Gasteiger partial charge in [-0.15, -0.1) is 0 Å². The molecule has 0 aliphatic rings. The lowest BCUT2D eigenvalue weighted by molar-refractivity contribution is 0.411. The van der Waals surface area contributed by atoms with Crippen molar-refractivity contribution < 1.29 is 8.76 Å². The molecule has 0 heterocycles. The van der Waals surface area contributed by atoms with Crippen molar-refractivity contribution in [2.24, 2.45) is 5.41 Å². The second-order valence-electron chi connectivity index (χ2n) is 5.20. The number of alkyl halides is 2. The van der Waals surface area contributed by atoms with Gasteiger partial charge in [-0.1, -0.05) is 45.0 Å². The maximum absolute atomic E-state index is 11.2. The molecule has 96 valence electrons. The number of hydrogen-bond donors (Lipinski definition) is 1. The third-order valence-electron chi connectivity index (χ3n) is 2.24. The Balaban J connectivity index is 2.93. The normalized spacial score (nSPS) is 14.7. The molecule has 0 aliphatic carbocycles. The topological polar surface area (TPSA) is 37.3 Å². The fourth-order valence-electron chi connectivity index (χ4n) is 1.53. The van der Waals surface area contributed by atoms with Crippen molar-refractivity contribution >= 4 is 56.3 Å². The predicted octanol–water partition coefficient (Wildman–Crippen LogP) is 4.48. The van der Waals surface area contributed by atoms with Gasteiger partial charge in [0, 0.05) is 0 Å². The van der Waals surface area contributed by atoms with Crippen LogP contribution in [0.4, 0.5) is 0 Å². The molecule has 0 fully saturated rings. The molecule has 0 aliphatic heterocycles. The van der Waals surface area contributed by atoms with E-state index in [1.54, 1.807) is 0 Å². The Labute approximate surface area is 133 Å². The van der Waals surface area contributed by atoms with Gasteiger partial charge in [-0.05, 0) is 68.1 Å². The van der Waals surface area contributed by atoms with Gasteiger partial charge >= 0.3 is 0 Å². The molecule has 1 unspecified atom stereocenters. The van der Waals surface area contributed by atoms with Gasteiger partial charge in [0.25, 0.3) is 0 Å². The van der Waals surface area contributed by atoms with Crippen LogP contribution in [0.15, 0.2) is 24.3 Å². The van der Waals surface area contributed by atoms with Crippen molar-refractivity contribution in [1.29, 1.82) is 0 Å². The number of rotatable bonds is 3. The Hall–Kier alpha value is 0.790. The monoisotopic (exact) mass is 478 g/mol. The van der Waals surface area contributed by atoms with E-state index in [2.05, 4.69) is 20.8 Å². The molecule has 2 nitrogen and oxygen atoms in total. The first kappa shape index (κ1) is 15.8. The van der Waals surface area contributed by atoms with Crippen LogP contribution in [0, 0.1) is 5.41 Å². The zero-order chi connectivity index (χ0) is 13.3. The van der Waals surface area contributed by atoms with Crippen molar-refractivity contribution in [3.63, 3.8) is 0 Å². The molecular formula is C12H16I2O2S. The molecule has 0 saturated carbocycles. The molecule has 0 bridgehead atoms. The van der Waals surface area contributed by atoms with Crippen molar-refractivity contribution in [2.45, 2.75) is 28.0 Å². The zero-order valence-corrected chi connectivity index (χ0v) is 15.2. The third kappa shape index (κ3) is 4.76. The van der Waals surface area contributed by atoms with Gasteiger partial charge in [-0.3, -0.25) is 0 Å². The summed E-state index contributed by atoms with van der Waals surface area (Å²) in [5.41, 5.74) is 2.39. The summed E-state index contributed by atoms with van der Waals surface area (Å²) in [4.78, 5) is 0. The minimum atomic E-state index is -1.88. The van der Waals surface area contributed by atoms with Gasteiger partial charge in [0.15, 0.2) is 11.8 Å². The second-order valence-corrected chi connectivity index (χ2v) is 13.1. The lowest BCUT2D eigenvalue weighted by Gasteiger charge is -2.20. The highest BCUT2D eigenvalue weighted by atomic mass is 127. The first-order valence-corrected chi connectivity index (χ1v) is 8.47. The Bertz CT molecular complexity index is 408. The summed E-state index contributed by atoms with van der Waals surface area (Å²) in [5.74, 6) is 0. The van der Waals surface area contributed by atoms with E-state index >= 15 is 0 Å². The van der Waals surface area contributed by atoms with Crippen LogP contribution in [0.1, 0.15) is 31.9 Å². The van der Waals surface area contributed by atoms with E-state index in [0.29, 0.717) is 0 Å². The molecule has 0 aromatic heterocycles. The quantitative estimate of drug-likeness (QED) is 0.396. The molecule has 1 aromatic carbocycles. The molecular weight excluding hydrogens is 462 g/mol. The van der Waals surface area contributed by atoms with Gasteiger partial charge in [-0.25, -0.2) is 4.21 Å². The molecule has 0 amide bonds. The Morgan fingerprint density at radius 2 is 1.65 bits per heavy atom. The van der Waals surface area contributed by atoms with Gasteiger partial charge < -0.3 is 4.55 Å². The van der Waals surface area contributed by atoms with E-state index in [4.69, 9.17) is 0 Å². The van der Waals surface area contributed by atoms with E-state index in [-0.39, 0.29) is 5.41 Å². The summed E-state index contributed by atoms with van der Waals surface area (Å²) in [5, 5.41) is 0. The molecule has 1 rings (SSSR count). The maximum Gasteiger partial charge on any atom is 0.197 e. The molecule has 0 radical (unpaired) electrons. The van der Waals surface area contributed by atoms with Crippen molar-refractivity contribution in [3.05, 3.63) is 35.4 Å². The van der Waals surface area contributed by atoms with E-state index < -0.39 is 11.8 Å². The summed E-state index contributed by atoms with van der Waals surface area (Å²) in [7, 11) is 0. The lowest BCUT2D eigenvalue weighted by Crippen LogP contribution is -2.15. The fraction of sp³-hybridized carbons (Fsp3) is 0.500. The standard InChI is InChI=1S/C12H16I2O2S/c1-11(2,3)8-9-4-6-10(7-5-9)12(13,14)17(15)16/h4-7H,8H2,1-3H3,(H,15,16). The van der Waals surface area contributed by atoms with E-state index in [1.165, 1.54) is 5.56 Å². The van der Waals surface area contributed by atoms with Crippen LogP contribution >= 0.6 is 45.2 Å². The average molecular weight is 478 g/mol. The highest BCUT2D eigenvalue weighted by Crippen LogP contribution is 2.42. The number of halogens is 2. The Morgan fingerprint density at radius 3 is 2.00 bits per heavy atom. The van der Waals surface area contributed by atoms with Crippen LogP contribution in [0.25, 0.3) is 0 Å². The molecule has 0 spiro atoms. The molecule has 1 N–H and O–H groups in total. The fourth-order valence-corrected chi connectivity index (χ4v) is 2.59. The minimum Gasteiger partial charge on any atom is -0.304 e. The number of hydrogen-bond acceptors (Lipinski definition) is 1. The van der Waals surface area contributed by atoms with Crippen molar-refractivity contribution in [1.82, 2.24) is 0 Å². The summed E-state index contributed by atoms with van der Waals surface area (Å²) in [6, 6.07) is 7.96. The van der Waals surface area contributed by atoms with E-state index in [0.717, 1.165) is 12.0 Å². The van der Waals surface area contributed by atoms with Crippen LogP contribution in [-0.2, 0) is 18.3 Å². The first-order chi connectivity index (χ1) is 7.63. The van der Waals surface area contributed by atoms with Crippen molar-refractivity contribution in [2.75, 3.05) is 0 Å². The van der Waals surface area contributed by atoms with Crippen LogP contribution in [0.2, 0.25) is 0 Å². The van der Waals surface area contributed by atoms with E-state index in [1.807, 2.05) is 69.4 Å². The van der Waals surface area contributed by atoms with Crippen LogP contribution in [-0.4, -0.2) is 8.76 Å². The average Bonchev–Trinajstić information content (AvgIpc) is 2.15. The van der Waals surface area contributed by atoms with Gasteiger partial charge in [0.2, 0.25) is 0 Å². The van der Waals surface area contributed by atoms with Crippen LogP contribution in [0.5, 0.6) is 0 Å². The molecule has 1 atom stereocenters. The minimum absolute atomic E-state index is 0.257. The largest absolute Gasteiger partial charge is 0.304 e. The van der Waals surface area contributed by atoms with Crippen LogP contribution in [0.3, 0.4) is 0 Å². The number of benzene rings is 1. The summed E-state index contributed by atoms with van der Waals surface area (Å²) in [6.07, 6.45) is 1.00. The third-order valence-corrected chi connectivity index (χ3v) is 6.42. The predicted molar refractivity (Wildman–Crippen MR) is 90.1 cm³/mol. The smallest absolute Gasteiger partial charge is 0.197 e. The lowest BCUT2D eigenvalue weighted by atomic mass is 9.88. The zero-order valence-electron chi connectivity index (χ0n) is 10.0. The molecule has 1 aromatic rings. The highest BCUT2D eigenvalue weighted by molar-refractivity contribution is 14.2. The van der Waals surface area contributed by atoms with Crippen LogP contribution < -0.4 is 0 Å². The summed E-state index contributed by atoms with van der Waals surface area (Å²) < 4.78 is 19.7. The SMILES string of the molecule is CC(C)(C)Cc1ccc(C(I)(I)S(=O)O)cc1. The Kier molecular flexibility index (Phi) is 5.44. The first-order valence-electron chi connectivity index (χ1n) is 5.21. The second kappa shape index (κ2) is 5.83. The Morgan fingerprint density at radius 1 is 1.18 bits per heavy atom. The van der Waals surface area contributed by atoms with Gasteiger partial charge in [-0.2, -0.15) is 0 Å². The van der Waals surface area contributed by atoms with Gasteiger partial charge in [0.1, 0.15) is 0 Å². The maximum atomic E-state index is 11.2. The van der Waals surface area contributed by atoms with Gasteiger partial charge in [0.05, 0.1) is 0 Å².